The highest BCUT2D eigenvalue weighted by atomic mass is 16.5. The molecule has 1 fully saturated rings. The first kappa shape index (κ1) is 23.4. The van der Waals surface area contributed by atoms with Crippen LogP contribution >= 0.6 is 0 Å². The van der Waals surface area contributed by atoms with Gasteiger partial charge in [0.05, 0.1) is 25.9 Å². The lowest BCUT2D eigenvalue weighted by Gasteiger charge is -2.14. The highest BCUT2D eigenvalue weighted by Gasteiger charge is 2.14. The predicted octanol–water partition coefficient (Wildman–Crippen LogP) is 2.66. The maximum Gasteiger partial charge on any atom is 0.191 e. The van der Waals surface area contributed by atoms with E-state index in [2.05, 4.69) is 36.6 Å². The number of nitrogens with one attached hydrogen (secondary N) is 2. The molecule has 2 rings (SSSR count). The second kappa shape index (κ2) is 14.2. The lowest BCUT2D eigenvalue weighted by molar-refractivity contribution is 0.0168. The van der Waals surface area contributed by atoms with Crippen LogP contribution < -0.4 is 15.4 Å². The van der Waals surface area contributed by atoms with E-state index in [0.717, 1.165) is 68.4 Å². The van der Waals surface area contributed by atoms with Crippen LogP contribution in [0.2, 0.25) is 0 Å². The third kappa shape index (κ3) is 9.47. The van der Waals surface area contributed by atoms with Crippen LogP contribution in [0, 0.1) is 6.92 Å². The monoisotopic (exact) mass is 407 g/mol. The highest BCUT2D eigenvalue weighted by molar-refractivity contribution is 5.79. The van der Waals surface area contributed by atoms with Gasteiger partial charge in [0, 0.05) is 39.0 Å². The summed E-state index contributed by atoms with van der Waals surface area (Å²) in [6.07, 6.45) is 3.48. The molecule has 1 saturated heterocycles. The third-order valence-electron chi connectivity index (χ3n) is 4.61. The van der Waals surface area contributed by atoms with Crippen LogP contribution in [-0.4, -0.2) is 65.3 Å². The van der Waals surface area contributed by atoms with E-state index in [4.69, 9.17) is 23.9 Å². The van der Waals surface area contributed by atoms with Gasteiger partial charge in [-0.05, 0) is 44.7 Å². The third-order valence-corrected chi connectivity index (χ3v) is 4.61. The molecule has 2 N–H and O–H groups in total. The number of ether oxygens (including phenoxy) is 4. The van der Waals surface area contributed by atoms with E-state index in [0.29, 0.717) is 26.4 Å². The predicted molar refractivity (Wildman–Crippen MR) is 116 cm³/mol. The first-order valence-electron chi connectivity index (χ1n) is 10.7. The molecule has 29 heavy (non-hydrogen) atoms. The first-order chi connectivity index (χ1) is 14.2. The van der Waals surface area contributed by atoms with E-state index in [1.165, 1.54) is 0 Å². The number of benzene rings is 1. The Labute approximate surface area is 175 Å². The molecule has 0 spiro atoms. The van der Waals surface area contributed by atoms with Crippen LogP contribution in [0.3, 0.4) is 0 Å². The maximum atomic E-state index is 5.86. The lowest BCUT2D eigenvalue weighted by atomic mass is 10.1. The zero-order chi connectivity index (χ0) is 20.7. The standard InChI is InChI=1S/C22H37N3O4/c1-4-23-22(24-10-6-11-27-17-20-7-5-12-28-20)25-16-19-9-8-18(2)15-21(19)29-14-13-26-3/h8-9,15,20H,4-7,10-14,16-17H2,1-3H3,(H2,23,24,25). The van der Waals surface area contributed by atoms with Gasteiger partial charge in [-0.1, -0.05) is 12.1 Å². The number of hydrogen-bond donors (Lipinski definition) is 2. The molecule has 1 aromatic carbocycles. The first-order valence-corrected chi connectivity index (χ1v) is 10.7. The van der Waals surface area contributed by atoms with Crippen molar-refractivity contribution in [1.29, 1.82) is 0 Å². The molecule has 0 aliphatic carbocycles. The number of methoxy groups -OCH3 is 1. The van der Waals surface area contributed by atoms with E-state index < -0.39 is 0 Å². The van der Waals surface area contributed by atoms with Crippen LogP contribution in [-0.2, 0) is 20.8 Å². The summed E-state index contributed by atoms with van der Waals surface area (Å²) in [7, 11) is 1.67. The number of aliphatic imine (C=N–C) groups is 1. The summed E-state index contributed by atoms with van der Waals surface area (Å²) in [5.74, 6) is 1.67. The Kier molecular flexibility index (Phi) is 11.5. The fourth-order valence-electron chi connectivity index (χ4n) is 3.04. The topological polar surface area (TPSA) is 73.3 Å². The summed E-state index contributed by atoms with van der Waals surface area (Å²) in [5.41, 5.74) is 2.22. The van der Waals surface area contributed by atoms with Gasteiger partial charge in [0.15, 0.2) is 5.96 Å². The summed E-state index contributed by atoms with van der Waals surface area (Å²) in [4.78, 5) is 4.71. The lowest BCUT2D eigenvalue weighted by Crippen LogP contribution is -2.38. The number of guanidine groups is 1. The summed E-state index contributed by atoms with van der Waals surface area (Å²) < 4.78 is 22.2. The fourth-order valence-corrected chi connectivity index (χ4v) is 3.04. The molecular formula is C22H37N3O4. The van der Waals surface area contributed by atoms with E-state index >= 15 is 0 Å². The van der Waals surface area contributed by atoms with E-state index in [-0.39, 0.29) is 6.10 Å². The van der Waals surface area contributed by atoms with Gasteiger partial charge < -0.3 is 29.6 Å². The van der Waals surface area contributed by atoms with Crippen molar-refractivity contribution in [3.63, 3.8) is 0 Å². The summed E-state index contributed by atoms with van der Waals surface area (Å²) in [6, 6.07) is 6.20. The molecule has 0 aromatic heterocycles. The molecule has 1 atom stereocenters. The molecule has 164 valence electrons. The van der Waals surface area contributed by atoms with Crippen LogP contribution in [0.1, 0.15) is 37.3 Å². The summed E-state index contributed by atoms with van der Waals surface area (Å²) in [6.45, 7) is 9.68. The van der Waals surface area contributed by atoms with Crippen LogP contribution in [0.25, 0.3) is 0 Å². The van der Waals surface area contributed by atoms with Gasteiger partial charge in [0.25, 0.3) is 0 Å². The highest BCUT2D eigenvalue weighted by Crippen LogP contribution is 2.21. The molecule has 7 nitrogen and oxygen atoms in total. The molecule has 0 radical (unpaired) electrons. The largest absolute Gasteiger partial charge is 0.491 e. The van der Waals surface area contributed by atoms with Gasteiger partial charge in [-0.15, -0.1) is 0 Å². The molecule has 1 aromatic rings. The Hall–Kier alpha value is -1.83. The van der Waals surface area contributed by atoms with Crippen molar-refractivity contribution in [2.75, 3.05) is 53.2 Å². The molecule has 0 bridgehead atoms. The summed E-state index contributed by atoms with van der Waals surface area (Å²) in [5, 5.41) is 6.66. The minimum Gasteiger partial charge on any atom is -0.491 e. The number of aryl methyl sites for hydroxylation is 1. The average Bonchev–Trinajstić information content (AvgIpc) is 3.23. The Morgan fingerprint density at radius 3 is 2.90 bits per heavy atom. The molecule has 1 aliphatic rings. The minimum atomic E-state index is 0.289. The van der Waals surface area contributed by atoms with E-state index in [1.807, 2.05) is 6.07 Å². The molecule has 7 heteroatoms. The summed E-state index contributed by atoms with van der Waals surface area (Å²) >= 11 is 0. The van der Waals surface area contributed by atoms with Gasteiger partial charge in [-0.25, -0.2) is 4.99 Å². The Bertz CT molecular complexity index is 604. The van der Waals surface area contributed by atoms with Gasteiger partial charge in [-0.2, -0.15) is 0 Å². The zero-order valence-corrected chi connectivity index (χ0v) is 18.2. The van der Waals surface area contributed by atoms with Gasteiger partial charge >= 0.3 is 0 Å². The van der Waals surface area contributed by atoms with Crippen molar-refractivity contribution in [2.24, 2.45) is 4.99 Å². The van der Waals surface area contributed by atoms with Crippen molar-refractivity contribution in [3.05, 3.63) is 29.3 Å². The number of hydrogen-bond acceptors (Lipinski definition) is 5. The van der Waals surface area contributed by atoms with Crippen LogP contribution in [0.5, 0.6) is 5.75 Å². The van der Waals surface area contributed by atoms with Crippen LogP contribution in [0.15, 0.2) is 23.2 Å². The molecule has 1 aliphatic heterocycles. The minimum absolute atomic E-state index is 0.289. The fraction of sp³-hybridized carbons (Fsp3) is 0.682. The normalized spacial score (nSPS) is 16.8. The maximum absolute atomic E-state index is 5.86. The number of nitrogens with zero attached hydrogens (tertiary/aromatic N) is 1. The van der Waals surface area contributed by atoms with E-state index in [1.54, 1.807) is 7.11 Å². The SMILES string of the molecule is CCNC(=NCc1ccc(C)cc1OCCOC)NCCCOCC1CCCO1. The zero-order valence-electron chi connectivity index (χ0n) is 18.2. The van der Waals surface area contributed by atoms with Crippen molar-refractivity contribution < 1.29 is 18.9 Å². The Morgan fingerprint density at radius 1 is 1.24 bits per heavy atom. The van der Waals surface area contributed by atoms with Gasteiger partial charge in [0.2, 0.25) is 0 Å². The number of rotatable bonds is 13. The smallest absolute Gasteiger partial charge is 0.191 e. The molecular weight excluding hydrogens is 370 g/mol. The van der Waals surface area contributed by atoms with Crippen molar-refractivity contribution >= 4 is 5.96 Å². The molecule has 1 unspecified atom stereocenters. The Morgan fingerprint density at radius 2 is 2.14 bits per heavy atom. The average molecular weight is 408 g/mol. The second-order valence-corrected chi connectivity index (χ2v) is 7.14. The van der Waals surface area contributed by atoms with Crippen molar-refractivity contribution in [2.45, 2.75) is 45.8 Å². The Balaban J connectivity index is 1.77. The molecule has 0 amide bonds. The second-order valence-electron chi connectivity index (χ2n) is 7.14. The van der Waals surface area contributed by atoms with E-state index in [9.17, 15) is 0 Å². The molecule has 0 saturated carbocycles. The van der Waals surface area contributed by atoms with Crippen LogP contribution in [0.4, 0.5) is 0 Å². The van der Waals surface area contributed by atoms with Gasteiger partial charge in [-0.3, -0.25) is 0 Å². The van der Waals surface area contributed by atoms with Gasteiger partial charge in [0.1, 0.15) is 12.4 Å². The van der Waals surface area contributed by atoms with Crippen molar-refractivity contribution in [3.8, 4) is 5.75 Å². The molecule has 1 heterocycles. The quantitative estimate of drug-likeness (QED) is 0.298. The van der Waals surface area contributed by atoms with Crippen molar-refractivity contribution in [1.82, 2.24) is 10.6 Å².